The number of hydrogen-bond acceptors (Lipinski definition) is 2. The monoisotopic (exact) mass is 319 g/mol. The number of rotatable bonds is 5. The summed E-state index contributed by atoms with van der Waals surface area (Å²) in [6, 6.07) is 21.9. The molecule has 1 amide bonds. The number of hydrogen-bond donors (Lipinski definition) is 1. The van der Waals surface area contributed by atoms with E-state index in [1.54, 1.807) is 7.11 Å². The van der Waals surface area contributed by atoms with E-state index >= 15 is 0 Å². The van der Waals surface area contributed by atoms with Crippen molar-refractivity contribution in [3.05, 3.63) is 77.9 Å². The minimum Gasteiger partial charge on any atom is -0.497 e. The molecule has 3 aromatic rings. The highest BCUT2D eigenvalue weighted by molar-refractivity contribution is 5.90. The Kier molecular flexibility index (Phi) is 4.80. The molecule has 0 saturated carbocycles. The maximum atomic E-state index is 12.4. The SMILES string of the molecule is COc1ccc(C(C)NC(=O)Cc2cccc3ccccc23)cc1. The predicted octanol–water partition coefficient (Wildman–Crippen LogP) is 4.27. The summed E-state index contributed by atoms with van der Waals surface area (Å²) in [4.78, 5) is 12.4. The van der Waals surface area contributed by atoms with E-state index in [1.807, 2.05) is 55.5 Å². The predicted molar refractivity (Wildman–Crippen MR) is 97.2 cm³/mol. The highest BCUT2D eigenvalue weighted by atomic mass is 16.5. The van der Waals surface area contributed by atoms with Gasteiger partial charge in [0, 0.05) is 0 Å². The molecule has 0 bridgehead atoms. The molecule has 1 unspecified atom stereocenters. The van der Waals surface area contributed by atoms with Crippen molar-refractivity contribution < 1.29 is 9.53 Å². The van der Waals surface area contributed by atoms with Crippen molar-refractivity contribution in [1.29, 1.82) is 0 Å². The van der Waals surface area contributed by atoms with Gasteiger partial charge in [0.05, 0.1) is 19.6 Å². The van der Waals surface area contributed by atoms with Crippen LogP contribution in [0.1, 0.15) is 24.1 Å². The third kappa shape index (κ3) is 3.57. The molecule has 1 N–H and O–H groups in total. The number of nitrogens with one attached hydrogen (secondary N) is 1. The molecular formula is C21H21NO2. The van der Waals surface area contributed by atoms with Crippen molar-refractivity contribution in [3.63, 3.8) is 0 Å². The Hall–Kier alpha value is -2.81. The summed E-state index contributed by atoms with van der Waals surface area (Å²) in [7, 11) is 1.64. The van der Waals surface area contributed by atoms with Gasteiger partial charge >= 0.3 is 0 Å². The third-order valence-corrected chi connectivity index (χ3v) is 4.22. The molecule has 0 saturated heterocycles. The van der Waals surface area contributed by atoms with Crippen LogP contribution in [0.5, 0.6) is 5.75 Å². The lowest BCUT2D eigenvalue weighted by Crippen LogP contribution is -2.28. The Morgan fingerprint density at radius 2 is 1.71 bits per heavy atom. The number of amides is 1. The molecule has 1 atom stereocenters. The second-order valence-corrected chi connectivity index (χ2v) is 5.88. The molecule has 122 valence electrons. The van der Waals surface area contributed by atoms with Gasteiger partial charge in [-0.15, -0.1) is 0 Å². The third-order valence-electron chi connectivity index (χ3n) is 4.22. The second kappa shape index (κ2) is 7.18. The molecular weight excluding hydrogens is 298 g/mol. The summed E-state index contributed by atoms with van der Waals surface area (Å²) in [5, 5.41) is 5.36. The molecule has 0 heterocycles. The fourth-order valence-corrected chi connectivity index (χ4v) is 2.89. The highest BCUT2D eigenvalue weighted by Gasteiger charge is 2.11. The van der Waals surface area contributed by atoms with E-state index in [1.165, 1.54) is 0 Å². The van der Waals surface area contributed by atoms with Crippen LogP contribution >= 0.6 is 0 Å². The van der Waals surface area contributed by atoms with Crippen LogP contribution in [0.2, 0.25) is 0 Å². The largest absolute Gasteiger partial charge is 0.497 e. The average molecular weight is 319 g/mol. The molecule has 3 rings (SSSR count). The molecule has 0 radical (unpaired) electrons. The van der Waals surface area contributed by atoms with Gasteiger partial charge in [-0.1, -0.05) is 54.6 Å². The normalized spacial score (nSPS) is 11.9. The van der Waals surface area contributed by atoms with Gasteiger partial charge in [-0.05, 0) is 41.0 Å². The van der Waals surface area contributed by atoms with E-state index in [0.717, 1.165) is 27.6 Å². The van der Waals surface area contributed by atoms with Gasteiger partial charge in [-0.2, -0.15) is 0 Å². The number of carbonyl (C=O) groups is 1. The van der Waals surface area contributed by atoms with Crippen molar-refractivity contribution in [2.45, 2.75) is 19.4 Å². The standard InChI is InChI=1S/C21H21NO2/c1-15(16-10-12-19(24-2)13-11-16)22-21(23)14-18-8-5-7-17-6-3-4-9-20(17)18/h3-13,15H,14H2,1-2H3,(H,22,23). The number of ether oxygens (including phenoxy) is 1. The van der Waals surface area contributed by atoms with E-state index in [2.05, 4.69) is 23.5 Å². The molecule has 0 aliphatic rings. The first-order valence-corrected chi connectivity index (χ1v) is 8.07. The van der Waals surface area contributed by atoms with Crippen LogP contribution in [0.3, 0.4) is 0 Å². The smallest absolute Gasteiger partial charge is 0.224 e. The van der Waals surface area contributed by atoms with Crippen molar-refractivity contribution in [1.82, 2.24) is 5.32 Å². The zero-order chi connectivity index (χ0) is 16.9. The number of fused-ring (bicyclic) bond motifs is 1. The molecule has 0 spiro atoms. The Labute approximate surface area is 142 Å². The number of methoxy groups -OCH3 is 1. The van der Waals surface area contributed by atoms with E-state index in [9.17, 15) is 4.79 Å². The molecule has 3 heteroatoms. The van der Waals surface area contributed by atoms with Gasteiger partial charge in [-0.3, -0.25) is 4.79 Å². The van der Waals surface area contributed by atoms with Gasteiger partial charge in [-0.25, -0.2) is 0 Å². The van der Waals surface area contributed by atoms with Crippen molar-refractivity contribution in [3.8, 4) is 5.75 Å². The maximum Gasteiger partial charge on any atom is 0.224 e. The first-order valence-electron chi connectivity index (χ1n) is 8.07. The van der Waals surface area contributed by atoms with E-state index in [4.69, 9.17) is 4.74 Å². The molecule has 0 aliphatic heterocycles. The maximum absolute atomic E-state index is 12.4. The Morgan fingerprint density at radius 3 is 2.46 bits per heavy atom. The lowest BCUT2D eigenvalue weighted by Gasteiger charge is -2.15. The average Bonchev–Trinajstić information content (AvgIpc) is 2.62. The summed E-state index contributed by atoms with van der Waals surface area (Å²) in [5.74, 6) is 0.836. The number of benzene rings is 3. The highest BCUT2D eigenvalue weighted by Crippen LogP contribution is 2.20. The lowest BCUT2D eigenvalue weighted by molar-refractivity contribution is -0.121. The van der Waals surface area contributed by atoms with Crippen LogP contribution in [0.25, 0.3) is 10.8 Å². The topological polar surface area (TPSA) is 38.3 Å². The summed E-state index contributed by atoms with van der Waals surface area (Å²) in [6.45, 7) is 1.99. The minimum absolute atomic E-state index is 0.0228. The van der Waals surface area contributed by atoms with Gasteiger partial charge in [0.1, 0.15) is 5.75 Å². The van der Waals surface area contributed by atoms with Crippen LogP contribution in [-0.4, -0.2) is 13.0 Å². The Morgan fingerprint density at radius 1 is 1.00 bits per heavy atom. The van der Waals surface area contributed by atoms with Crippen LogP contribution in [0.15, 0.2) is 66.7 Å². The molecule has 3 nitrogen and oxygen atoms in total. The van der Waals surface area contributed by atoms with Crippen molar-refractivity contribution >= 4 is 16.7 Å². The van der Waals surface area contributed by atoms with Crippen LogP contribution < -0.4 is 10.1 Å². The summed E-state index contributed by atoms with van der Waals surface area (Å²) in [5.41, 5.74) is 2.11. The summed E-state index contributed by atoms with van der Waals surface area (Å²) >= 11 is 0. The quantitative estimate of drug-likeness (QED) is 0.763. The first kappa shape index (κ1) is 16.1. The summed E-state index contributed by atoms with van der Waals surface area (Å²) in [6.07, 6.45) is 0.377. The van der Waals surface area contributed by atoms with Gasteiger partial charge in [0.15, 0.2) is 0 Å². The molecule has 0 fully saturated rings. The molecule has 0 aromatic heterocycles. The van der Waals surface area contributed by atoms with Crippen LogP contribution in [0, 0.1) is 0 Å². The van der Waals surface area contributed by atoms with Gasteiger partial charge in [0.25, 0.3) is 0 Å². The fourth-order valence-electron chi connectivity index (χ4n) is 2.89. The zero-order valence-corrected chi connectivity index (χ0v) is 14.0. The van der Waals surface area contributed by atoms with E-state index < -0.39 is 0 Å². The van der Waals surface area contributed by atoms with E-state index in [-0.39, 0.29) is 11.9 Å². The minimum atomic E-state index is -0.0432. The van der Waals surface area contributed by atoms with Crippen LogP contribution in [0.4, 0.5) is 0 Å². The van der Waals surface area contributed by atoms with Gasteiger partial charge in [0.2, 0.25) is 5.91 Å². The molecule has 3 aromatic carbocycles. The Balaban J connectivity index is 1.70. The first-order chi connectivity index (χ1) is 11.7. The van der Waals surface area contributed by atoms with Gasteiger partial charge < -0.3 is 10.1 Å². The lowest BCUT2D eigenvalue weighted by atomic mass is 10.0. The fraction of sp³-hybridized carbons (Fsp3) is 0.190. The Bertz CT molecular complexity index is 835. The molecule has 0 aliphatic carbocycles. The van der Waals surface area contributed by atoms with Crippen molar-refractivity contribution in [2.75, 3.05) is 7.11 Å². The zero-order valence-electron chi connectivity index (χ0n) is 14.0. The number of carbonyl (C=O) groups excluding carboxylic acids is 1. The van der Waals surface area contributed by atoms with E-state index in [0.29, 0.717) is 6.42 Å². The van der Waals surface area contributed by atoms with Crippen LogP contribution in [-0.2, 0) is 11.2 Å². The second-order valence-electron chi connectivity index (χ2n) is 5.88. The summed E-state index contributed by atoms with van der Waals surface area (Å²) < 4.78 is 5.16. The van der Waals surface area contributed by atoms with Crippen molar-refractivity contribution in [2.24, 2.45) is 0 Å². The molecule has 24 heavy (non-hydrogen) atoms.